The first-order valence-electron chi connectivity index (χ1n) is 12.6. The van der Waals surface area contributed by atoms with E-state index in [1.807, 2.05) is 72.8 Å². The molecule has 0 spiro atoms. The molecule has 182 valence electrons. The lowest BCUT2D eigenvalue weighted by Crippen LogP contribution is -2.08. The quantitative estimate of drug-likeness (QED) is 0.189. The lowest BCUT2D eigenvalue weighted by Gasteiger charge is -2.08. The van der Waals surface area contributed by atoms with Crippen LogP contribution < -0.4 is 10.9 Å². The van der Waals surface area contributed by atoms with Crippen LogP contribution >= 0.6 is 0 Å². The Kier molecular flexibility index (Phi) is 5.19. The SMILES string of the molecule is O=c1c2cc(Cc3ccccc3)ccc2oc2c1ccc1oc3ccc(Cc4ccccc4)cc3c(=O)c12. The molecule has 0 saturated carbocycles. The molecular weight excluding hydrogens is 472 g/mol. The molecule has 0 amide bonds. The van der Waals surface area contributed by atoms with Gasteiger partial charge in [0.2, 0.25) is 10.9 Å². The van der Waals surface area contributed by atoms with Gasteiger partial charge in [-0.15, -0.1) is 0 Å². The zero-order valence-corrected chi connectivity index (χ0v) is 20.4. The minimum Gasteiger partial charge on any atom is -0.456 e. The summed E-state index contributed by atoms with van der Waals surface area (Å²) in [5.74, 6) is 0. The van der Waals surface area contributed by atoms with Gasteiger partial charge in [0.05, 0.1) is 16.2 Å². The predicted octanol–water partition coefficient (Wildman–Crippen LogP) is 7.39. The molecule has 7 aromatic rings. The minimum absolute atomic E-state index is 0.157. The summed E-state index contributed by atoms with van der Waals surface area (Å²) in [6.45, 7) is 0. The van der Waals surface area contributed by atoms with Gasteiger partial charge < -0.3 is 8.83 Å². The van der Waals surface area contributed by atoms with Gasteiger partial charge >= 0.3 is 0 Å². The summed E-state index contributed by atoms with van der Waals surface area (Å²) in [4.78, 5) is 27.4. The molecule has 0 radical (unpaired) electrons. The van der Waals surface area contributed by atoms with Crippen molar-refractivity contribution >= 4 is 43.9 Å². The number of hydrogen-bond acceptors (Lipinski definition) is 4. The fourth-order valence-electron chi connectivity index (χ4n) is 5.23. The van der Waals surface area contributed by atoms with E-state index < -0.39 is 0 Å². The second-order valence-corrected chi connectivity index (χ2v) is 9.66. The fraction of sp³-hybridized carbons (Fsp3) is 0.0588. The number of rotatable bonds is 4. The maximum Gasteiger partial charge on any atom is 0.204 e. The highest BCUT2D eigenvalue weighted by atomic mass is 16.3. The van der Waals surface area contributed by atoms with E-state index in [1.54, 1.807) is 12.1 Å². The summed E-state index contributed by atoms with van der Waals surface area (Å²) in [5, 5.41) is 1.63. The van der Waals surface area contributed by atoms with Crippen LogP contribution in [0.4, 0.5) is 0 Å². The topological polar surface area (TPSA) is 60.4 Å². The smallest absolute Gasteiger partial charge is 0.204 e. The largest absolute Gasteiger partial charge is 0.456 e. The third kappa shape index (κ3) is 3.78. The van der Waals surface area contributed by atoms with Crippen LogP contribution in [-0.2, 0) is 12.8 Å². The second kappa shape index (κ2) is 8.86. The first-order valence-corrected chi connectivity index (χ1v) is 12.6. The van der Waals surface area contributed by atoms with E-state index >= 15 is 0 Å². The highest BCUT2D eigenvalue weighted by Gasteiger charge is 2.17. The third-order valence-corrected chi connectivity index (χ3v) is 7.10. The van der Waals surface area contributed by atoms with Crippen molar-refractivity contribution in [2.24, 2.45) is 0 Å². The van der Waals surface area contributed by atoms with E-state index in [-0.39, 0.29) is 16.4 Å². The van der Waals surface area contributed by atoms with Gasteiger partial charge in [-0.1, -0.05) is 72.8 Å². The first kappa shape index (κ1) is 22.3. The Morgan fingerprint density at radius 3 is 1.58 bits per heavy atom. The Morgan fingerprint density at radius 1 is 0.447 bits per heavy atom. The number of hydrogen-bond donors (Lipinski definition) is 0. The van der Waals surface area contributed by atoms with Crippen LogP contribution in [0.1, 0.15) is 22.3 Å². The van der Waals surface area contributed by atoms with Crippen molar-refractivity contribution in [1.29, 1.82) is 0 Å². The van der Waals surface area contributed by atoms with Gasteiger partial charge in [0, 0.05) is 0 Å². The molecule has 0 bridgehead atoms. The Morgan fingerprint density at radius 2 is 0.974 bits per heavy atom. The van der Waals surface area contributed by atoms with Gasteiger partial charge in [0.1, 0.15) is 22.1 Å². The molecule has 5 aromatic carbocycles. The van der Waals surface area contributed by atoms with Crippen molar-refractivity contribution in [1.82, 2.24) is 0 Å². The summed E-state index contributed by atoms with van der Waals surface area (Å²) >= 11 is 0. The molecule has 38 heavy (non-hydrogen) atoms. The summed E-state index contributed by atoms with van der Waals surface area (Å²) < 4.78 is 12.4. The minimum atomic E-state index is -0.204. The van der Waals surface area contributed by atoms with Gasteiger partial charge in [0.25, 0.3) is 0 Å². The van der Waals surface area contributed by atoms with Crippen molar-refractivity contribution < 1.29 is 8.83 Å². The highest BCUT2D eigenvalue weighted by Crippen LogP contribution is 2.28. The average Bonchev–Trinajstić information content (AvgIpc) is 2.95. The molecule has 7 rings (SSSR count). The van der Waals surface area contributed by atoms with Crippen LogP contribution in [-0.4, -0.2) is 0 Å². The maximum atomic E-state index is 13.8. The van der Waals surface area contributed by atoms with E-state index in [1.165, 1.54) is 5.56 Å². The van der Waals surface area contributed by atoms with Gasteiger partial charge in [-0.2, -0.15) is 0 Å². The summed E-state index contributed by atoms with van der Waals surface area (Å²) in [6.07, 6.45) is 1.42. The Balaban J connectivity index is 1.40. The van der Waals surface area contributed by atoms with Crippen LogP contribution in [0.15, 0.2) is 128 Å². The normalized spacial score (nSPS) is 11.6. The zero-order chi connectivity index (χ0) is 25.6. The van der Waals surface area contributed by atoms with E-state index in [0.29, 0.717) is 51.1 Å². The Hall–Kier alpha value is -4.96. The molecule has 2 heterocycles. The maximum absolute atomic E-state index is 13.8. The third-order valence-electron chi connectivity index (χ3n) is 7.10. The Labute approximate surface area is 217 Å². The molecule has 4 heteroatoms. The highest BCUT2D eigenvalue weighted by molar-refractivity contribution is 6.07. The molecule has 0 saturated heterocycles. The number of benzene rings is 5. The summed E-state index contributed by atoms with van der Waals surface area (Å²) in [5.41, 5.74) is 5.61. The van der Waals surface area contributed by atoms with Crippen molar-refractivity contribution in [2.45, 2.75) is 12.8 Å². The van der Waals surface area contributed by atoms with E-state index in [0.717, 1.165) is 16.7 Å². The monoisotopic (exact) mass is 494 g/mol. The lowest BCUT2D eigenvalue weighted by atomic mass is 10.0. The standard InChI is InChI=1S/C34H22O4/c35-32-25-13-16-30-31(33(36)27-20-24(11-14-28(27)37-30)18-22-9-5-2-6-10-22)34(25)38-29-15-12-23(19-26(29)32)17-21-7-3-1-4-8-21/h1-16,19-20H,17-18H2. The Bertz CT molecular complexity index is 2100. The van der Waals surface area contributed by atoms with Crippen LogP contribution in [0.25, 0.3) is 43.9 Å². The predicted molar refractivity (Wildman–Crippen MR) is 152 cm³/mol. The lowest BCUT2D eigenvalue weighted by molar-refractivity contribution is 0.649. The molecule has 4 nitrogen and oxygen atoms in total. The molecule has 0 N–H and O–H groups in total. The van der Waals surface area contributed by atoms with Crippen molar-refractivity contribution in [3.05, 3.63) is 152 Å². The van der Waals surface area contributed by atoms with Gasteiger partial charge in [-0.05, 0) is 71.5 Å². The van der Waals surface area contributed by atoms with Crippen LogP contribution in [0.2, 0.25) is 0 Å². The molecule has 0 aliphatic carbocycles. The number of fused-ring (bicyclic) bond motifs is 5. The van der Waals surface area contributed by atoms with Gasteiger partial charge in [0.15, 0.2) is 5.58 Å². The van der Waals surface area contributed by atoms with Crippen molar-refractivity contribution in [2.75, 3.05) is 0 Å². The van der Waals surface area contributed by atoms with Crippen LogP contribution in [0.3, 0.4) is 0 Å². The second-order valence-electron chi connectivity index (χ2n) is 9.66. The summed E-state index contributed by atoms with van der Waals surface area (Å²) in [6, 6.07) is 35.0. The van der Waals surface area contributed by atoms with E-state index in [9.17, 15) is 9.59 Å². The van der Waals surface area contributed by atoms with Gasteiger partial charge in [-0.25, -0.2) is 0 Å². The van der Waals surface area contributed by atoms with Crippen LogP contribution in [0.5, 0.6) is 0 Å². The first-order chi connectivity index (χ1) is 18.6. The molecule has 0 unspecified atom stereocenters. The van der Waals surface area contributed by atoms with Gasteiger partial charge in [-0.3, -0.25) is 9.59 Å². The molecule has 0 fully saturated rings. The fourth-order valence-corrected chi connectivity index (χ4v) is 5.23. The molecular formula is C34H22O4. The van der Waals surface area contributed by atoms with Crippen LogP contribution in [0, 0.1) is 0 Å². The molecule has 2 aromatic heterocycles. The molecule has 0 aliphatic rings. The van der Waals surface area contributed by atoms with Crippen molar-refractivity contribution in [3.8, 4) is 0 Å². The molecule has 0 atom stereocenters. The van der Waals surface area contributed by atoms with Crippen molar-refractivity contribution in [3.63, 3.8) is 0 Å². The summed E-state index contributed by atoms with van der Waals surface area (Å²) in [7, 11) is 0. The molecule has 0 aliphatic heterocycles. The zero-order valence-electron chi connectivity index (χ0n) is 20.4. The van der Waals surface area contributed by atoms with E-state index in [2.05, 4.69) is 24.3 Å². The average molecular weight is 495 g/mol. The van der Waals surface area contributed by atoms with E-state index in [4.69, 9.17) is 8.83 Å².